The van der Waals surface area contributed by atoms with E-state index >= 15 is 0 Å². The van der Waals surface area contributed by atoms with E-state index in [1.165, 1.54) is 35.5 Å². The summed E-state index contributed by atoms with van der Waals surface area (Å²) in [6.45, 7) is 0.905. The first-order chi connectivity index (χ1) is 20.5. The summed E-state index contributed by atoms with van der Waals surface area (Å²) in [5, 5.41) is 15.7. The lowest BCUT2D eigenvalue weighted by Gasteiger charge is -2.38. The normalized spacial score (nSPS) is 20.1. The highest BCUT2D eigenvalue weighted by Crippen LogP contribution is 2.37. The van der Waals surface area contributed by atoms with E-state index in [1.807, 2.05) is 0 Å². The lowest BCUT2D eigenvalue weighted by molar-refractivity contribution is -0.181. The van der Waals surface area contributed by atoms with E-state index in [9.17, 15) is 31.4 Å². The van der Waals surface area contributed by atoms with Gasteiger partial charge in [0.05, 0.1) is 19.8 Å². The molecule has 2 aromatic carbocycles. The number of ether oxygens (including phenoxy) is 3. The summed E-state index contributed by atoms with van der Waals surface area (Å²) in [6, 6.07) is 9.04. The molecule has 3 aromatic rings. The molecule has 1 aliphatic rings. The molecule has 0 spiro atoms. The number of nitrogens with zero attached hydrogens (tertiary/aromatic N) is 3. The van der Waals surface area contributed by atoms with Gasteiger partial charge in [0.1, 0.15) is 35.6 Å². The molecule has 4 rings (SSSR count). The number of hydrogen-bond acceptors (Lipinski definition) is 6. The standard InChI is InChI=1S/C30H31F6N3O4/c1-20(29(40,16-39-19-37-18-38-39)25-11-8-23(31)13-26(25)32)12-22-14-41-27(42-15-22)5-3-2-4-21-6-9-24(10-7-21)43-17-30(35,36)28(33)34/h2-11,13,18-20,22,27-28,40H,12,14-17H2,1H3/b4-2+,5-3+/t20-,22?,27?,29+/m0/s1. The molecule has 0 radical (unpaired) electrons. The van der Waals surface area contributed by atoms with Crippen molar-refractivity contribution in [1.29, 1.82) is 0 Å². The Hall–Kier alpha value is -3.68. The highest BCUT2D eigenvalue weighted by molar-refractivity contribution is 5.52. The minimum atomic E-state index is -4.23. The van der Waals surface area contributed by atoms with Gasteiger partial charge >= 0.3 is 12.3 Å². The van der Waals surface area contributed by atoms with E-state index < -0.39 is 48.4 Å². The van der Waals surface area contributed by atoms with E-state index in [0.29, 0.717) is 25.2 Å². The molecule has 0 aliphatic carbocycles. The van der Waals surface area contributed by atoms with Crippen molar-refractivity contribution in [3.8, 4) is 5.75 Å². The molecule has 1 aliphatic heterocycles. The van der Waals surface area contributed by atoms with Gasteiger partial charge in [-0.15, -0.1) is 0 Å². The van der Waals surface area contributed by atoms with Gasteiger partial charge in [-0.25, -0.2) is 27.2 Å². The maximum absolute atomic E-state index is 14.8. The van der Waals surface area contributed by atoms with Crippen molar-refractivity contribution >= 4 is 6.08 Å². The fraction of sp³-hybridized carbons (Fsp3) is 0.400. The first-order valence-corrected chi connectivity index (χ1v) is 13.4. The van der Waals surface area contributed by atoms with Crippen LogP contribution >= 0.6 is 0 Å². The predicted molar refractivity (Wildman–Crippen MR) is 144 cm³/mol. The number of aromatic nitrogens is 3. The largest absolute Gasteiger partial charge is 0.487 e. The van der Waals surface area contributed by atoms with Crippen molar-refractivity contribution in [2.75, 3.05) is 19.8 Å². The summed E-state index contributed by atoms with van der Waals surface area (Å²) < 4.78 is 96.5. The molecule has 43 heavy (non-hydrogen) atoms. The van der Waals surface area contributed by atoms with E-state index in [1.54, 1.807) is 43.4 Å². The number of allylic oxidation sites excluding steroid dienone is 2. The van der Waals surface area contributed by atoms with Gasteiger partial charge in [0.15, 0.2) is 12.9 Å². The van der Waals surface area contributed by atoms with Gasteiger partial charge in [-0.3, -0.25) is 0 Å². The number of alkyl halides is 4. The SMILES string of the molecule is C[C@@H](CC1COC(/C=C/C=C/c2ccc(OCC(F)(F)C(F)F)cc2)OC1)[C@](O)(Cn1cncn1)c1ccc(F)cc1F. The minimum Gasteiger partial charge on any atom is -0.487 e. The zero-order chi connectivity index (χ0) is 31.0. The van der Waals surface area contributed by atoms with Crippen LogP contribution in [0.25, 0.3) is 6.08 Å². The predicted octanol–water partition coefficient (Wildman–Crippen LogP) is 6.01. The zero-order valence-electron chi connectivity index (χ0n) is 23.1. The Bertz CT molecular complexity index is 1360. The van der Waals surface area contributed by atoms with Crippen LogP contribution in [0.5, 0.6) is 5.75 Å². The molecule has 0 bridgehead atoms. The highest BCUT2D eigenvalue weighted by atomic mass is 19.3. The number of benzene rings is 2. The summed E-state index contributed by atoms with van der Waals surface area (Å²) in [7, 11) is 0. The second kappa shape index (κ2) is 14.2. The summed E-state index contributed by atoms with van der Waals surface area (Å²) in [5.41, 5.74) is -1.04. The third-order valence-electron chi connectivity index (χ3n) is 7.06. The van der Waals surface area contributed by atoms with E-state index in [0.717, 1.165) is 12.1 Å². The number of halogens is 6. The summed E-state index contributed by atoms with van der Waals surface area (Å²) in [5.74, 6) is -6.40. The Morgan fingerprint density at radius 2 is 1.81 bits per heavy atom. The van der Waals surface area contributed by atoms with Gasteiger partial charge in [0.25, 0.3) is 0 Å². The topological polar surface area (TPSA) is 78.6 Å². The third-order valence-corrected chi connectivity index (χ3v) is 7.06. The number of rotatable bonds is 13. The smallest absolute Gasteiger partial charge is 0.340 e. The molecule has 0 unspecified atom stereocenters. The minimum absolute atomic E-state index is 0.0422. The fourth-order valence-electron chi connectivity index (χ4n) is 4.65. The second-order valence-corrected chi connectivity index (χ2v) is 10.3. The van der Waals surface area contributed by atoms with Crippen LogP contribution in [-0.2, 0) is 21.6 Å². The summed E-state index contributed by atoms with van der Waals surface area (Å²) in [6.07, 6.45) is 5.54. The molecule has 1 N–H and O–H groups in total. The van der Waals surface area contributed by atoms with Crippen LogP contribution in [0.3, 0.4) is 0 Å². The molecule has 232 valence electrons. The third kappa shape index (κ3) is 8.68. The molecular formula is C30H31F6N3O4. The Kier molecular flexibility index (Phi) is 10.6. The van der Waals surface area contributed by atoms with E-state index in [2.05, 4.69) is 10.1 Å². The van der Waals surface area contributed by atoms with Crippen molar-refractivity contribution < 1.29 is 45.7 Å². The summed E-state index contributed by atoms with van der Waals surface area (Å²) >= 11 is 0. The van der Waals surface area contributed by atoms with Crippen molar-refractivity contribution in [3.05, 3.63) is 96.1 Å². The van der Waals surface area contributed by atoms with Crippen LogP contribution in [0, 0.1) is 23.5 Å². The van der Waals surface area contributed by atoms with Gasteiger partial charge in [0, 0.05) is 17.5 Å². The molecule has 0 amide bonds. The van der Waals surface area contributed by atoms with Gasteiger partial charge in [-0.2, -0.15) is 13.9 Å². The fourth-order valence-corrected chi connectivity index (χ4v) is 4.65. The monoisotopic (exact) mass is 611 g/mol. The number of hydrogen-bond donors (Lipinski definition) is 1. The van der Waals surface area contributed by atoms with Crippen molar-refractivity contribution in [2.45, 2.75) is 44.1 Å². The molecule has 13 heteroatoms. The van der Waals surface area contributed by atoms with Gasteiger partial charge < -0.3 is 19.3 Å². The molecule has 0 saturated carbocycles. The number of aliphatic hydroxyl groups is 1. The molecule has 7 nitrogen and oxygen atoms in total. The maximum atomic E-state index is 14.8. The van der Waals surface area contributed by atoms with Crippen molar-refractivity contribution in [2.24, 2.45) is 11.8 Å². The van der Waals surface area contributed by atoms with Crippen molar-refractivity contribution in [1.82, 2.24) is 14.8 Å². The first-order valence-electron chi connectivity index (χ1n) is 13.4. The average molecular weight is 612 g/mol. The van der Waals surface area contributed by atoms with E-state index in [4.69, 9.17) is 14.2 Å². The van der Waals surface area contributed by atoms with Crippen LogP contribution in [0.2, 0.25) is 0 Å². The molecule has 1 aromatic heterocycles. The Morgan fingerprint density at radius 3 is 2.44 bits per heavy atom. The van der Waals surface area contributed by atoms with Crippen LogP contribution < -0.4 is 4.74 Å². The van der Waals surface area contributed by atoms with E-state index in [-0.39, 0.29) is 23.8 Å². The van der Waals surface area contributed by atoms with Crippen LogP contribution in [0.15, 0.2) is 73.3 Å². The van der Waals surface area contributed by atoms with Crippen LogP contribution in [0.4, 0.5) is 26.3 Å². The molecule has 2 atom stereocenters. The van der Waals surface area contributed by atoms with Crippen LogP contribution in [-0.4, -0.2) is 58.3 Å². The highest BCUT2D eigenvalue weighted by Gasteiger charge is 2.42. The zero-order valence-corrected chi connectivity index (χ0v) is 23.1. The van der Waals surface area contributed by atoms with Gasteiger partial charge in [-0.1, -0.05) is 43.4 Å². The molecular weight excluding hydrogens is 580 g/mol. The first kappa shape index (κ1) is 32.2. The maximum Gasteiger partial charge on any atom is 0.340 e. The van der Waals surface area contributed by atoms with Crippen LogP contribution in [0.1, 0.15) is 24.5 Å². The van der Waals surface area contributed by atoms with Crippen molar-refractivity contribution in [3.63, 3.8) is 0 Å². The Morgan fingerprint density at radius 1 is 1.09 bits per heavy atom. The lowest BCUT2D eigenvalue weighted by Crippen LogP contribution is -2.42. The van der Waals surface area contributed by atoms with Gasteiger partial charge in [-0.05, 0) is 42.2 Å². The Labute approximate surface area is 244 Å². The molecule has 2 heterocycles. The quantitative estimate of drug-likeness (QED) is 0.189. The lowest BCUT2D eigenvalue weighted by atomic mass is 9.77. The second-order valence-electron chi connectivity index (χ2n) is 10.3. The molecule has 1 saturated heterocycles. The van der Waals surface area contributed by atoms with Gasteiger partial charge in [0.2, 0.25) is 0 Å². The molecule has 1 fully saturated rings. The average Bonchev–Trinajstić information content (AvgIpc) is 3.48. The summed E-state index contributed by atoms with van der Waals surface area (Å²) in [4.78, 5) is 3.88. The Balaban J connectivity index is 1.28.